The Kier molecular flexibility index (Phi) is 3.63. The number of ketones is 1. The lowest BCUT2D eigenvalue weighted by Crippen LogP contribution is -2.45. The Bertz CT molecular complexity index is 321. The molecule has 0 spiro atoms. The minimum absolute atomic E-state index is 0.156. The molecule has 4 heteroatoms. The zero-order valence-corrected chi connectivity index (χ0v) is 8.66. The molecule has 2 atom stereocenters. The summed E-state index contributed by atoms with van der Waals surface area (Å²) >= 11 is 5.69. The molecular formula is C10H13ClN2O. The van der Waals surface area contributed by atoms with Gasteiger partial charge in [-0.25, -0.2) is 0 Å². The second-order valence-corrected chi connectivity index (χ2v) is 3.69. The van der Waals surface area contributed by atoms with E-state index in [1.807, 2.05) is 0 Å². The third kappa shape index (κ3) is 2.54. The normalized spacial score (nSPS) is 14.9. The number of hydrogen-bond acceptors (Lipinski definition) is 3. The second-order valence-electron chi connectivity index (χ2n) is 3.26. The molecule has 0 aromatic heterocycles. The zero-order chi connectivity index (χ0) is 10.7. The van der Waals surface area contributed by atoms with Gasteiger partial charge in [-0.05, 0) is 31.2 Å². The smallest absolute Gasteiger partial charge is 0.181 e. The van der Waals surface area contributed by atoms with E-state index in [-0.39, 0.29) is 11.8 Å². The van der Waals surface area contributed by atoms with Crippen LogP contribution in [0.2, 0.25) is 5.02 Å². The highest BCUT2D eigenvalue weighted by molar-refractivity contribution is 6.30. The molecule has 3 nitrogen and oxygen atoms in total. The fourth-order valence-corrected chi connectivity index (χ4v) is 1.17. The molecule has 0 saturated carbocycles. The van der Waals surface area contributed by atoms with E-state index in [0.29, 0.717) is 10.6 Å². The molecule has 1 aromatic carbocycles. The molecule has 76 valence electrons. The van der Waals surface area contributed by atoms with Crippen LogP contribution in [0.5, 0.6) is 0 Å². The van der Waals surface area contributed by atoms with E-state index in [9.17, 15) is 4.79 Å². The summed E-state index contributed by atoms with van der Waals surface area (Å²) in [5.41, 5.74) is 11.7. The molecule has 0 saturated heterocycles. The number of halogens is 1. The van der Waals surface area contributed by atoms with Crippen LogP contribution in [0.3, 0.4) is 0 Å². The van der Waals surface area contributed by atoms with Crippen LogP contribution >= 0.6 is 11.6 Å². The van der Waals surface area contributed by atoms with E-state index in [0.717, 1.165) is 0 Å². The summed E-state index contributed by atoms with van der Waals surface area (Å²) in [7, 11) is 0. The Balaban J connectivity index is 2.84. The summed E-state index contributed by atoms with van der Waals surface area (Å²) in [6.07, 6.45) is 0. The summed E-state index contributed by atoms with van der Waals surface area (Å²) < 4.78 is 0. The summed E-state index contributed by atoms with van der Waals surface area (Å²) in [6, 6.07) is 5.60. The zero-order valence-electron chi connectivity index (χ0n) is 7.91. The van der Waals surface area contributed by atoms with E-state index in [1.165, 1.54) is 0 Å². The third-order valence-electron chi connectivity index (χ3n) is 2.00. The van der Waals surface area contributed by atoms with E-state index in [1.54, 1.807) is 31.2 Å². The number of carbonyl (C=O) groups excluding carboxylic acids is 1. The van der Waals surface area contributed by atoms with E-state index >= 15 is 0 Å². The highest BCUT2D eigenvalue weighted by Crippen LogP contribution is 2.11. The van der Waals surface area contributed by atoms with E-state index < -0.39 is 6.04 Å². The van der Waals surface area contributed by atoms with E-state index in [4.69, 9.17) is 23.1 Å². The monoisotopic (exact) mass is 212 g/mol. The molecule has 2 unspecified atom stereocenters. The Morgan fingerprint density at radius 1 is 1.29 bits per heavy atom. The number of rotatable bonds is 3. The van der Waals surface area contributed by atoms with Crippen LogP contribution in [0.1, 0.15) is 17.3 Å². The Morgan fingerprint density at radius 2 is 1.79 bits per heavy atom. The highest BCUT2D eigenvalue weighted by atomic mass is 35.5. The number of Topliss-reactive ketones (excluding diaryl/α,β-unsaturated/α-hetero) is 1. The number of hydrogen-bond donors (Lipinski definition) is 2. The van der Waals surface area contributed by atoms with Gasteiger partial charge >= 0.3 is 0 Å². The molecule has 0 bridgehead atoms. The lowest BCUT2D eigenvalue weighted by atomic mass is 10.0. The fraction of sp³-hybridized carbons (Fsp3) is 0.300. The maximum absolute atomic E-state index is 11.6. The number of nitrogens with two attached hydrogens (primary N) is 2. The first kappa shape index (κ1) is 11.2. The van der Waals surface area contributed by atoms with Gasteiger partial charge in [-0.2, -0.15) is 0 Å². The molecular weight excluding hydrogens is 200 g/mol. The largest absolute Gasteiger partial charge is 0.326 e. The van der Waals surface area contributed by atoms with Gasteiger partial charge in [-0.3, -0.25) is 4.79 Å². The van der Waals surface area contributed by atoms with Gasteiger partial charge in [-0.15, -0.1) is 0 Å². The minimum atomic E-state index is -0.656. The van der Waals surface area contributed by atoms with Crippen molar-refractivity contribution in [1.82, 2.24) is 0 Å². The van der Waals surface area contributed by atoms with Crippen molar-refractivity contribution in [2.24, 2.45) is 11.5 Å². The molecule has 1 rings (SSSR count). The van der Waals surface area contributed by atoms with Crippen LogP contribution in [-0.4, -0.2) is 17.9 Å². The van der Waals surface area contributed by atoms with Gasteiger partial charge in [0.25, 0.3) is 0 Å². The number of carbonyl (C=O) groups is 1. The van der Waals surface area contributed by atoms with E-state index in [2.05, 4.69) is 0 Å². The maximum Gasteiger partial charge on any atom is 0.181 e. The van der Waals surface area contributed by atoms with Crippen LogP contribution in [0.15, 0.2) is 24.3 Å². The molecule has 14 heavy (non-hydrogen) atoms. The minimum Gasteiger partial charge on any atom is -0.326 e. The predicted octanol–water partition coefficient (Wildman–Crippen LogP) is 1.20. The molecule has 0 aliphatic rings. The lowest BCUT2D eigenvalue weighted by molar-refractivity contribution is 0.0952. The first-order chi connectivity index (χ1) is 6.52. The average molecular weight is 213 g/mol. The van der Waals surface area contributed by atoms with Gasteiger partial charge in [0.2, 0.25) is 0 Å². The predicted molar refractivity (Wildman–Crippen MR) is 57.4 cm³/mol. The molecule has 1 aromatic rings. The SMILES string of the molecule is CC(N)C(N)C(=O)c1ccc(Cl)cc1. The first-order valence-corrected chi connectivity index (χ1v) is 4.71. The van der Waals surface area contributed by atoms with Crippen LogP contribution < -0.4 is 11.5 Å². The highest BCUT2D eigenvalue weighted by Gasteiger charge is 2.18. The van der Waals surface area contributed by atoms with Crippen molar-refractivity contribution in [3.05, 3.63) is 34.9 Å². The Hall–Kier alpha value is -0.900. The summed E-state index contributed by atoms with van der Waals surface area (Å²) in [6.45, 7) is 1.71. The van der Waals surface area contributed by atoms with Crippen molar-refractivity contribution in [2.45, 2.75) is 19.0 Å². The molecule has 0 amide bonds. The van der Waals surface area contributed by atoms with Crippen LogP contribution in [0.4, 0.5) is 0 Å². The topological polar surface area (TPSA) is 69.1 Å². The standard InChI is InChI=1S/C10H13ClN2O/c1-6(12)9(13)10(14)7-2-4-8(11)5-3-7/h2-6,9H,12-13H2,1H3. The first-order valence-electron chi connectivity index (χ1n) is 4.33. The summed E-state index contributed by atoms with van der Waals surface area (Å²) in [4.78, 5) is 11.6. The van der Waals surface area contributed by atoms with Gasteiger partial charge in [0, 0.05) is 16.6 Å². The Labute approximate surface area is 88.0 Å². The van der Waals surface area contributed by atoms with Gasteiger partial charge in [0.1, 0.15) is 0 Å². The van der Waals surface area contributed by atoms with Crippen molar-refractivity contribution >= 4 is 17.4 Å². The quantitative estimate of drug-likeness (QED) is 0.740. The van der Waals surface area contributed by atoms with Crippen molar-refractivity contribution in [1.29, 1.82) is 0 Å². The van der Waals surface area contributed by atoms with Crippen LogP contribution in [0.25, 0.3) is 0 Å². The molecule has 0 aliphatic heterocycles. The van der Waals surface area contributed by atoms with Crippen molar-refractivity contribution in [2.75, 3.05) is 0 Å². The molecule has 4 N–H and O–H groups in total. The molecule has 0 fully saturated rings. The van der Waals surface area contributed by atoms with Crippen molar-refractivity contribution in [3.8, 4) is 0 Å². The van der Waals surface area contributed by atoms with Gasteiger partial charge in [-0.1, -0.05) is 11.6 Å². The van der Waals surface area contributed by atoms with Gasteiger partial charge in [0.05, 0.1) is 6.04 Å². The molecule has 0 radical (unpaired) electrons. The maximum atomic E-state index is 11.6. The van der Waals surface area contributed by atoms with Crippen molar-refractivity contribution in [3.63, 3.8) is 0 Å². The third-order valence-corrected chi connectivity index (χ3v) is 2.25. The fourth-order valence-electron chi connectivity index (χ4n) is 1.05. The average Bonchev–Trinajstić information content (AvgIpc) is 2.16. The lowest BCUT2D eigenvalue weighted by Gasteiger charge is -2.13. The Morgan fingerprint density at radius 3 is 2.21 bits per heavy atom. The molecule has 0 aliphatic carbocycles. The summed E-state index contributed by atoms with van der Waals surface area (Å²) in [5, 5.41) is 0.593. The second kappa shape index (κ2) is 4.55. The summed E-state index contributed by atoms with van der Waals surface area (Å²) in [5.74, 6) is -0.156. The van der Waals surface area contributed by atoms with Gasteiger partial charge < -0.3 is 11.5 Å². The molecule has 0 heterocycles. The van der Waals surface area contributed by atoms with Gasteiger partial charge in [0.15, 0.2) is 5.78 Å². The number of benzene rings is 1. The van der Waals surface area contributed by atoms with Crippen LogP contribution in [0, 0.1) is 0 Å². The van der Waals surface area contributed by atoms with Crippen molar-refractivity contribution < 1.29 is 4.79 Å². The van der Waals surface area contributed by atoms with Crippen LogP contribution in [-0.2, 0) is 0 Å².